The predicted octanol–water partition coefficient (Wildman–Crippen LogP) is 1.47. The van der Waals surface area contributed by atoms with E-state index in [1.54, 1.807) is 0 Å². The molecule has 2 saturated carbocycles. The molecule has 3 fully saturated rings. The molecular formula is C12H22N2. The second kappa shape index (κ2) is 3.49. The molecule has 1 heterocycles. The largest absolute Gasteiger partial charge is 0.311 e. The fraction of sp³-hybridized carbons (Fsp3) is 1.00. The van der Waals surface area contributed by atoms with E-state index < -0.39 is 0 Å². The molecule has 3 aliphatic rings. The van der Waals surface area contributed by atoms with Gasteiger partial charge in [0.05, 0.1) is 0 Å². The van der Waals surface area contributed by atoms with Crippen LogP contribution in [-0.4, -0.2) is 36.6 Å². The Hall–Kier alpha value is -0.0800. The van der Waals surface area contributed by atoms with Crippen molar-refractivity contribution in [2.24, 2.45) is 11.8 Å². The van der Waals surface area contributed by atoms with E-state index in [-0.39, 0.29) is 0 Å². The second-order valence-corrected chi connectivity index (χ2v) is 5.60. The van der Waals surface area contributed by atoms with Crippen molar-refractivity contribution in [2.75, 3.05) is 19.6 Å². The molecule has 0 aromatic heterocycles. The summed E-state index contributed by atoms with van der Waals surface area (Å²) in [5.74, 6) is 2.07. The average Bonchev–Trinajstić information content (AvgIpc) is 3.01. The first-order valence-electron chi connectivity index (χ1n) is 6.30. The van der Waals surface area contributed by atoms with Gasteiger partial charge in [-0.2, -0.15) is 0 Å². The van der Waals surface area contributed by atoms with E-state index in [9.17, 15) is 0 Å². The fourth-order valence-electron chi connectivity index (χ4n) is 2.65. The highest BCUT2D eigenvalue weighted by Crippen LogP contribution is 2.36. The van der Waals surface area contributed by atoms with Crippen molar-refractivity contribution in [1.82, 2.24) is 10.2 Å². The topological polar surface area (TPSA) is 15.3 Å². The zero-order chi connectivity index (χ0) is 9.54. The Bertz CT molecular complexity index is 208. The highest BCUT2D eigenvalue weighted by atomic mass is 15.2. The van der Waals surface area contributed by atoms with Gasteiger partial charge in [0, 0.05) is 31.7 Å². The van der Waals surface area contributed by atoms with Gasteiger partial charge in [-0.1, -0.05) is 0 Å². The highest BCUT2D eigenvalue weighted by molar-refractivity contribution is 4.94. The summed E-state index contributed by atoms with van der Waals surface area (Å²) in [7, 11) is 0. The number of piperazine rings is 1. The van der Waals surface area contributed by atoms with E-state index in [0.29, 0.717) is 0 Å². The van der Waals surface area contributed by atoms with Gasteiger partial charge in [0.2, 0.25) is 0 Å². The van der Waals surface area contributed by atoms with Crippen molar-refractivity contribution < 1.29 is 0 Å². The smallest absolute Gasteiger partial charge is 0.0224 e. The molecule has 1 N–H and O–H groups in total. The van der Waals surface area contributed by atoms with Crippen LogP contribution < -0.4 is 5.32 Å². The summed E-state index contributed by atoms with van der Waals surface area (Å²) in [6.45, 7) is 6.29. The lowest BCUT2D eigenvalue weighted by Crippen LogP contribution is -2.56. The maximum Gasteiger partial charge on any atom is 0.0224 e. The first-order valence-corrected chi connectivity index (χ1v) is 6.30. The SMILES string of the molecule is CC1CNC(C2CC2)CN1CC1CC1. The van der Waals surface area contributed by atoms with E-state index in [1.807, 2.05) is 0 Å². The molecule has 0 radical (unpaired) electrons. The minimum absolute atomic E-state index is 0.769. The number of rotatable bonds is 3. The molecule has 80 valence electrons. The molecule has 2 heteroatoms. The van der Waals surface area contributed by atoms with Gasteiger partial charge in [0.1, 0.15) is 0 Å². The lowest BCUT2D eigenvalue weighted by Gasteiger charge is -2.39. The van der Waals surface area contributed by atoms with E-state index in [1.165, 1.54) is 45.3 Å². The van der Waals surface area contributed by atoms with Crippen LogP contribution in [0, 0.1) is 11.8 Å². The van der Waals surface area contributed by atoms with Crippen molar-refractivity contribution >= 4 is 0 Å². The summed E-state index contributed by atoms with van der Waals surface area (Å²) < 4.78 is 0. The van der Waals surface area contributed by atoms with E-state index in [0.717, 1.165) is 23.9 Å². The van der Waals surface area contributed by atoms with Gasteiger partial charge in [-0.25, -0.2) is 0 Å². The minimum Gasteiger partial charge on any atom is -0.311 e. The molecule has 0 aromatic rings. The zero-order valence-corrected chi connectivity index (χ0v) is 9.21. The zero-order valence-electron chi connectivity index (χ0n) is 9.21. The lowest BCUT2D eigenvalue weighted by molar-refractivity contribution is 0.127. The molecule has 1 saturated heterocycles. The highest BCUT2D eigenvalue weighted by Gasteiger charge is 2.37. The van der Waals surface area contributed by atoms with Gasteiger partial charge in [-0.3, -0.25) is 4.90 Å². The number of hydrogen-bond donors (Lipinski definition) is 1. The summed E-state index contributed by atoms with van der Waals surface area (Å²) in [5.41, 5.74) is 0. The lowest BCUT2D eigenvalue weighted by atomic mass is 10.1. The van der Waals surface area contributed by atoms with Gasteiger partial charge in [-0.05, 0) is 44.4 Å². The molecule has 3 rings (SSSR count). The van der Waals surface area contributed by atoms with Crippen LogP contribution in [0.15, 0.2) is 0 Å². The van der Waals surface area contributed by atoms with Crippen LogP contribution in [0.4, 0.5) is 0 Å². The Labute approximate surface area is 87.0 Å². The Morgan fingerprint density at radius 3 is 2.64 bits per heavy atom. The van der Waals surface area contributed by atoms with Crippen molar-refractivity contribution in [3.05, 3.63) is 0 Å². The minimum atomic E-state index is 0.769. The number of nitrogens with zero attached hydrogens (tertiary/aromatic N) is 1. The number of hydrogen-bond acceptors (Lipinski definition) is 2. The standard InChI is InChI=1S/C12H22N2/c1-9-6-13-12(11-4-5-11)8-14(9)7-10-2-3-10/h9-13H,2-8H2,1H3. The monoisotopic (exact) mass is 194 g/mol. The molecule has 1 aliphatic heterocycles. The van der Waals surface area contributed by atoms with Crippen LogP contribution in [0.3, 0.4) is 0 Å². The fourth-order valence-corrected chi connectivity index (χ4v) is 2.65. The van der Waals surface area contributed by atoms with E-state index >= 15 is 0 Å². The third kappa shape index (κ3) is 1.96. The van der Waals surface area contributed by atoms with Gasteiger partial charge in [0.15, 0.2) is 0 Å². The van der Waals surface area contributed by atoms with Gasteiger partial charge >= 0.3 is 0 Å². The van der Waals surface area contributed by atoms with Crippen molar-refractivity contribution in [2.45, 2.75) is 44.7 Å². The first kappa shape index (κ1) is 9.17. The average molecular weight is 194 g/mol. The van der Waals surface area contributed by atoms with Crippen LogP contribution in [0.2, 0.25) is 0 Å². The van der Waals surface area contributed by atoms with E-state index in [2.05, 4.69) is 17.1 Å². The Morgan fingerprint density at radius 1 is 1.21 bits per heavy atom. The maximum atomic E-state index is 3.71. The molecule has 0 bridgehead atoms. The van der Waals surface area contributed by atoms with Gasteiger partial charge in [-0.15, -0.1) is 0 Å². The molecule has 0 aromatic carbocycles. The molecule has 0 spiro atoms. The van der Waals surface area contributed by atoms with Crippen molar-refractivity contribution in [1.29, 1.82) is 0 Å². The second-order valence-electron chi connectivity index (χ2n) is 5.60. The first-order chi connectivity index (χ1) is 6.83. The third-order valence-electron chi connectivity index (χ3n) is 4.11. The molecule has 2 nitrogen and oxygen atoms in total. The summed E-state index contributed by atoms with van der Waals surface area (Å²) in [6, 6.07) is 1.59. The van der Waals surface area contributed by atoms with Crippen molar-refractivity contribution in [3.8, 4) is 0 Å². The van der Waals surface area contributed by atoms with Gasteiger partial charge < -0.3 is 5.32 Å². The molecule has 2 aliphatic carbocycles. The summed E-state index contributed by atoms with van der Waals surface area (Å²) in [4.78, 5) is 2.73. The molecule has 2 unspecified atom stereocenters. The molecular weight excluding hydrogens is 172 g/mol. The van der Waals surface area contributed by atoms with Crippen LogP contribution >= 0.6 is 0 Å². The van der Waals surface area contributed by atoms with Crippen LogP contribution in [0.5, 0.6) is 0 Å². The molecule has 2 atom stereocenters. The van der Waals surface area contributed by atoms with Gasteiger partial charge in [0.25, 0.3) is 0 Å². The summed E-state index contributed by atoms with van der Waals surface area (Å²) in [6.07, 6.45) is 5.93. The summed E-state index contributed by atoms with van der Waals surface area (Å²) >= 11 is 0. The Kier molecular flexibility index (Phi) is 2.29. The summed E-state index contributed by atoms with van der Waals surface area (Å²) in [5, 5.41) is 3.71. The molecule has 0 amide bonds. The number of nitrogens with one attached hydrogen (secondary N) is 1. The Balaban J connectivity index is 1.56. The van der Waals surface area contributed by atoms with Crippen LogP contribution in [-0.2, 0) is 0 Å². The Morgan fingerprint density at radius 2 is 2.00 bits per heavy atom. The normalized spacial score (nSPS) is 40.1. The predicted molar refractivity (Wildman–Crippen MR) is 58.3 cm³/mol. The van der Waals surface area contributed by atoms with Crippen LogP contribution in [0.25, 0.3) is 0 Å². The van der Waals surface area contributed by atoms with E-state index in [4.69, 9.17) is 0 Å². The van der Waals surface area contributed by atoms with Crippen LogP contribution in [0.1, 0.15) is 32.6 Å². The molecule has 14 heavy (non-hydrogen) atoms. The van der Waals surface area contributed by atoms with Crippen molar-refractivity contribution in [3.63, 3.8) is 0 Å². The maximum absolute atomic E-state index is 3.71. The quantitative estimate of drug-likeness (QED) is 0.732. The third-order valence-corrected chi connectivity index (χ3v) is 4.11.